The molecule has 0 radical (unpaired) electrons. The van der Waals surface area contributed by atoms with E-state index in [-0.39, 0.29) is 12.6 Å². The molecule has 9 nitrogen and oxygen atoms in total. The van der Waals surface area contributed by atoms with Crippen molar-refractivity contribution in [2.45, 2.75) is 57.8 Å². The van der Waals surface area contributed by atoms with E-state index in [2.05, 4.69) is 47.0 Å². The molecule has 2 fully saturated rings. The number of nitrogens with one attached hydrogen (secondary N) is 1. The Labute approximate surface area is 224 Å². The zero-order chi connectivity index (χ0) is 26.8. The Morgan fingerprint density at radius 2 is 1.95 bits per heavy atom. The van der Waals surface area contributed by atoms with E-state index in [0.717, 1.165) is 29.7 Å². The van der Waals surface area contributed by atoms with Gasteiger partial charge in [0.05, 0.1) is 19.3 Å². The third-order valence-electron chi connectivity index (χ3n) is 7.53. The minimum atomic E-state index is -1.08. The monoisotopic (exact) mass is 522 g/mol. The van der Waals surface area contributed by atoms with Crippen LogP contribution in [-0.4, -0.2) is 90.0 Å². The number of rotatable bonds is 9. The fourth-order valence-electron chi connectivity index (χ4n) is 5.07. The van der Waals surface area contributed by atoms with Crippen molar-refractivity contribution < 1.29 is 9.13 Å². The fraction of sp³-hybridized carbons (Fsp3) is 0.571. The summed E-state index contributed by atoms with van der Waals surface area (Å²) in [6.45, 7) is 9.78. The molecule has 2 aliphatic heterocycles. The smallest absolute Gasteiger partial charge is 0.227 e. The van der Waals surface area contributed by atoms with Crippen molar-refractivity contribution in [2.75, 3.05) is 62.0 Å². The van der Waals surface area contributed by atoms with Crippen LogP contribution >= 0.6 is 0 Å². The van der Waals surface area contributed by atoms with Gasteiger partial charge in [0.25, 0.3) is 0 Å². The molecule has 2 aliphatic rings. The highest BCUT2D eigenvalue weighted by Gasteiger charge is 2.31. The maximum Gasteiger partial charge on any atom is 0.227 e. The van der Waals surface area contributed by atoms with Crippen LogP contribution in [0.2, 0.25) is 0 Å². The quantitative estimate of drug-likeness (QED) is 0.440. The highest BCUT2D eigenvalue weighted by molar-refractivity contribution is 5.96. The maximum atomic E-state index is 14.9. The number of halogens is 1. The Morgan fingerprint density at radius 3 is 2.63 bits per heavy atom. The first kappa shape index (κ1) is 26.5. The van der Waals surface area contributed by atoms with Gasteiger partial charge in [-0.3, -0.25) is 0 Å². The van der Waals surface area contributed by atoms with Gasteiger partial charge in [0.1, 0.15) is 23.6 Å². The summed E-state index contributed by atoms with van der Waals surface area (Å²) in [5.74, 6) is 3.16. The summed E-state index contributed by atoms with van der Waals surface area (Å²) in [6, 6.07) is 4.38. The van der Waals surface area contributed by atoms with Crippen LogP contribution in [0.1, 0.15) is 45.1 Å². The lowest BCUT2D eigenvalue weighted by Gasteiger charge is -2.40. The Kier molecular flexibility index (Phi) is 7.90. The molecule has 0 saturated carbocycles. The third kappa shape index (κ3) is 5.66. The molecule has 0 spiro atoms. The predicted molar refractivity (Wildman–Crippen MR) is 150 cm³/mol. The standard InChI is InChI=1S/C28H39FN8O/c1-18(2)21-15-32-27(37-11-7-19(37)3)22-16-31-26(14-20(21)22)33-25-6-9-30-28(34-25)36-10-8-24(23(29)17-36)38-13-12-35(4)5/h6,9,14-16,18-19,23-24H,7-8,10-13,17H2,1-5H3,(H,30,31,33,34)/t19-,23+,24-/m1/s1. The Hall–Kier alpha value is -3.11. The molecular weight excluding hydrogens is 483 g/mol. The maximum absolute atomic E-state index is 14.9. The van der Waals surface area contributed by atoms with Crippen LogP contribution in [0.4, 0.5) is 27.8 Å². The average Bonchev–Trinajstić information content (AvgIpc) is 2.88. The van der Waals surface area contributed by atoms with Crippen molar-refractivity contribution in [3.8, 4) is 0 Å². The predicted octanol–water partition coefficient (Wildman–Crippen LogP) is 4.38. The second-order valence-corrected chi connectivity index (χ2v) is 11.0. The zero-order valence-electron chi connectivity index (χ0n) is 23.1. The summed E-state index contributed by atoms with van der Waals surface area (Å²) in [6.07, 6.45) is 5.93. The van der Waals surface area contributed by atoms with Crippen molar-refractivity contribution in [3.05, 3.63) is 36.3 Å². The van der Waals surface area contributed by atoms with Gasteiger partial charge in [-0.2, -0.15) is 4.98 Å². The molecule has 5 heterocycles. The first-order valence-corrected chi connectivity index (χ1v) is 13.6. The van der Waals surface area contributed by atoms with Crippen molar-refractivity contribution in [3.63, 3.8) is 0 Å². The molecule has 3 aromatic rings. The summed E-state index contributed by atoms with van der Waals surface area (Å²) < 4.78 is 20.7. The highest BCUT2D eigenvalue weighted by atomic mass is 19.1. The third-order valence-corrected chi connectivity index (χ3v) is 7.53. The summed E-state index contributed by atoms with van der Waals surface area (Å²) >= 11 is 0. The molecule has 204 valence electrons. The van der Waals surface area contributed by atoms with Crippen LogP contribution in [0.25, 0.3) is 10.8 Å². The molecule has 5 rings (SSSR count). The van der Waals surface area contributed by atoms with Gasteiger partial charge in [0.15, 0.2) is 0 Å². The number of likely N-dealkylation sites (N-methyl/N-ethyl adjacent to an activating group) is 1. The zero-order valence-corrected chi connectivity index (χ0v) is 23.1. The van der Waals surface area contributed by atoms with Gasteiger partial charge in [-0.05, 0) is 62.9 Å². The second-order valence-electron chi connectivity index (χ2n) is 11.0. The minimum Gasteiger partial charge on any atom is -0.374 e. The van der Waals surface area contributed by atoms with E-state index in [9.17, 15) is 4.39 Å². The van der Waals surface area contributed by atoms with E-state index < -0.39 is 6.17 Å². The van der Waals surface area contributed by atoms with E-state index in [0.29, 0.717) is 49.1 Å². The normalized spacial score (nSPS) is 21.8. The number of anilines is 4. The van der Waals surface area contributed by atoms with Crippen LogP contribution in [0, 0.1) is 0 Å². The van der Waals surface area contributed by atoms with Crippen molar-refractivity contribution in [2.24, 2.45) is 0 Å². The van der Waals surface area contributed by atoms with Gasteiger partial charge in [0.2, 0.25) is 5.95 Å². The van der Waals surface area contributed by atoms with Gasteiger partial charge >= 0.3 is 0 Å². The highest BCUT2D eigenvalue weighted by Crippen LogP contribution is 2.35. The fourth-order valence-corrected chi connectivity index (χ4v) is 5.07. The number of fused-ring (bicyclic) bond motifs is 1. The van der Waals surface area contributed by atoms with E-state index in [1.165, 1.54) is 12.0 Å². The number of hydrogen-bond acceptors (Lipinski definition) is 9. The number of pyridine rings is 2. The average molecular weight is 523 g/mol. The van der Waals surface area contributed by atoms with E-state index in [4.69, 9.17) is 14.7 Å². The molecule has 2 saturated heterocycles. The molecule has 1 N–H and O–H groups in total. The SMILES string of the molecule is CC(C)c1cnc(N2CC[C@H]2C)c2cnc(Nc3ccnc(N4CC[C@@H](OCCN(C)C)[C@@H](F)C4)n3)cc12. The molecule has 3 atom stereocenters. The molecule has 0 aromatic carbocycles. The van der Waals surface area contributed by atoms with Gasteiger partial charge in [-0.15, -0.1) is 0 Å². The summed E-state index contributed by atoms with van der Waals surface area (Å²) in [7, 11) is 3.96. The number of piperidine rings is 1. The van der Waals surface area contributed by atoms with Crippen LogP contribution in [0.3, 0.4) is 0 Å². The lowest BCUT2D eigenvalue weighted by Crippen LogP contribution is -2.47. The molecule has 0 bridgehead atoms. The summed E-state index contributed by atoms with van der Waals surface area (Å²) in [5.41, 5.74) is 1.19. The van der Waals surface area contributed by atoms with E-state index >= 15 is 0 Å². The molecule has 0 unspecified atom stereocenters. The van der Waals surface area contributed by atoms with Gasteiger partial charge in [-0.25, -0.2) is 19.3 Å². The Balaban J connectivity index is 1.32. The van der Waals surface area contributed by atoms with Crippen molar-refractivity contribution in [1.29, 1.82) is 0 Å². The van der Waals surface area contributed by atoms with Gasteiger partial charge < -0.3 is 24.8 Å². The number of nitrogens with zero attached hydrogens (tertiary/aromatic N) is 7. The number of hydrogen-bond donors (Lipinski definition) is 1. The largest absolute Gasteiger partial charge is 0.374 e. The van der Waals surface area contributed by atoms with E-state index in [1.807, 2.05) is 42.4 Å². The Morgan fingerprint density at radius 1 is 1.11 bits per heavy atom. The van der Waals surface area contributed by atoms with Gasteiger partial charge in [-0.1, -0.05) is 13.8 Å². The van der Waals surface area contributed by atoms with E-state index in [1.54, 1.807) is 6.20 Å². The lowest BCUT2D eigenvalue weighted by molar-refractivity contribution is -0.0174. The molecule has 3 aromatic heterocycles. The van der Waals surface area contributed by atoms with Crippen LogP contribution in [-0.2, 0) is 4.74 Å². The number of ether oxygens (including phenoxy) is 1. The summed E-state index contributed by atoms with van der Waals surface area (Å²) in [5, 5.41) is 5.56. The van der Waals surface area contributed by atoms with Crippen molar-refractivity contribution >= 4 is 34.2 Å². The summed E-state index contributed by atoms with van der Waals surface area (Å²) in [4.78, 5) is 24.9. The molecule has 0 aliphatic carbocycles. The number of alkyl halides is 1. The first-order chi connectivity index (χ1) is 18.3. The van der Waals surface area contributed by atoms with Crippen LogP contribution in [0.15, 0.2) is 30.7 Å². The number of aromatic nitrogens is 4. The first-order valence-electron chi connectivity index (χ1n) is 13.6. The molecular formula is C28H39FN8O. The van der Waals surface area contributed by atoms with Crippen LogP contribution < -0.4 is 15.1 Å². The molecule has 38 heavy (non-hydrogen) atoms. The van der Waals surface area contributed by atoms with Gasteiger partial charge in [0, 0.05) is 49.7 Å². The molecule has 10 heteroatoms. The second kappa shape index (κ2) is 11.3. The van der Waals surface area contributed by atoms with Crippen LogP contribution in [0.5, 0.6) is 0 Å². The topological polar surface area (TPSA) is 82.5 Å². The Bertz CT molecular complexity index is 1250. The molecule has 0 amide bonds. The minimum absolute atomic E-state index is 0.215. The lowest BCUT2D eigenvalue weighted by atomic mass is 9.97. The van der Waals surface area contributed by atoms with Crippen molar-refractivity contribution in [1.82, 2.24) is 24.8 Å².